The Morgan fingerprint density at radius 2 is 2.00 bits per heavy atom. The maximum atomic E-state index is 12.9. The number of aromatic nitrogens is 2. The number of carbonyl (C=O) groups is 1. The number of rotatable bonds is 5. The lowest BCUT2D eigenvalue weighted by atomic mass is 9.96. The second-order valence-corrected chi connectivity index (χ2v) is 11.7. The highest BCUT2D eigenvalue weighted by molar-refractivity contribution is 7.92. The molecule has 176 valence electrons. The minimum Gasteiger partial charge on any atom is -0.386 e. The molecule has 34 heavy (non-hydrogen) atoms. The number of aryl methyl sites for hydroxylation is 1. The topological polar surface area (TPSA) is 124 Å². The van der Waals surface area contributed by atoms with Gasteiger partial charge in [0.15, 0.2) is 0 Å². The van der Waals surface area contributed by atoms with E-state index < -0.39 is 21.7 Å². The van der Waals surface area contributed by atoms with E-state index in [9.17, 15) is 18.3 Å². The molecule has 0 radical (unpaired) electrons. The number of pyridine rings is 1. The second kappa shape index (κ2) is 8.23. The molecule has 4 aromatic rings. The monoisotopic (exact) mass is 496 g/mol. The van der Waals surface area contributed by atoms with Crippen molar-refractivity contribution in [2.75, 3.05) is 5.32 Å². The van der Waals surface area contributed by atoms with E-state index in [4.69, 9.17) is 0 Å². The highest BCUT2D eigenvalue weighted by atomic mass is 32.2. The van der Waals surface area contributed by atoms with E-state index in [2.05, 4.69) is 26.1 Å². The van der Waals surface area contributed by atoms with Gasteiger partial charge >= 0.3 is 6.03 Å². The van der Waals surface area contributed by atoms with E-state index in [0.717, 1.165) is 63.8 Å². The van der Waals surface area contributed by atoms with Crippen molar-refractivity contribution in [3.8, 4) is 11.1 Å². The van der Waals surface area contributed by atoms with Gasteiger partial charge in [-0.25, -0.2) is 17.9 Å². The van der Waals surface area contributed by atoms with Gasteiger partial charge in [0, 0.05) is 28.9 Å². The lowest BCUT2D eigenvalue weighted by Crippen LogP contribution is -2.34. The summed E-state index contributed by atoms with van der Waals surface area (Å²) in [5.41, 5.74) is 4.54. The summed E-state index contributed by atoms with van der Waals surface area (Å²) in [7, 11) is -4.11. The van der Waals surface area contributed by atoms with Crippen LogP contribution in [-0.2, 0) is 28.5 Å². The van der Waals surface area contributed by atoms with Crippen molar-refractivity contribution in [1.82, 2.24) is 14.7 Å². The molecule has 3 aromatic heterocycles. The maximum Gasteiger partial charge on any atom is 0.333 e. The number of anilines is 1. The van der Waals surface area contributed by atoms with Crippen molar-refractivity contribution in [3.05, 3.63) is 64.9 Å². The second-order valence-electron chi connectivity index (χ2n) is 8.88. The number of hydrogen-bond acceptors (Lipinski definition) is 6. The molecular weight excluding hydrogens is 472 g/mol. The van der Waals surface area contributed by atoms with E-state index in [0.29, 0.717) is 11.3 Å². The van der Waals surface area contributed by atoms with Crippen molar-refractivity contribution in [2.45, 2.75) is 42.9 Å². The third-order valence-corrected chi connectivity index (χ3v) is 8.83. The number of H-pyrrole nitrogens is 1. The normalized spacial score (nSPS) is 13.7. The van der Waals surface area contributed by atoms with Crippen LogP contribution in [0.25, 0.3) is 22.0 Å². The van der Waals surface area contributed by atoms with Crippen molar-refractivity contribution in [1.29, 1.82) is 0 Å². The summed E-state index contributed by atoms with van der Waals surface area (Å²) in [5.74, 6) is 0. The zero-order chi connectivity index (χ0) is 24.1. The Balaban J connectivity index is 1.49. The molecule has 3 heterocycles. The number of benzene rings is 1. The largest absolute Gasteiger partial charge is 0.386 e. The smallest absolute Gasteiger partial charge is 0.333 e. The molecule has 1 aromatic carbocycles. The van der Waals surface area contributed by atoms with Gasteiger partial charge in [-0.3, -0.25) is 4.98 Å². The SMILES string of the molecule is CC(C)(O)c1csc(S(=O)(=O)NC(=O)Nc2c(-c3cncc4[nH]ccc34)ccc3c2CCC3)c1. The number of nitrogens with zero attached hydrogens (tertiary/aromatic N) is 1. The van der Waals surface area contributed by atoms with Crippen LogP contribution < -0.4 is 10.0 Å². The Labute approximate surface area is 201 Å². The van der Waals surface area contributed by atoms with Crippen LogP contribution in [0.15, 0.2) is 52.4 Å². The first-order chi connectivity index (χ1) is 16.1. The molecule has 0 saturated heterocycles. The van der Waals surface area contributed by atoms with Crippen LogP contribution in [0, 0.1) is 0 Å². The molecule has 1 aliphatic carbocycles. The highest BCUT2D eigenvalue weighted by Gasteiger charge is 2.26. The van der Waals surface area contributed by atoms with Gasteiger partial charge in [-0.15, -0.1) is 11.3 Å². The predicted octanol–water partition coefficient (Wildman–Crippen LogP) is 4.52. The predicted molar refractivity (Wildman–Crippen MR) is 132 cm³/mol. The minimum atomic E-state index is -4.11. The number of amides is 2. The van der Waals surface area contributed by atoms with Crippen LogP contribution in [0.4, 0.5) is 10.5 Å². The van der Waals surface area contributed by atoms with Gasteiger partial charge in [0.25, 0.3) is 10.0 Å². The summed E-state index contributed by atoms with van der Waals surface area (Å²) < 4.78 is 27.8. The fraction of sp³-hybridized carbons (Fsp3) is 0.250. The number of carbonyl (C=O) groups excluding carboxylic acids is 1. The zero-order valence-corrected chi connectivity index (χ0v) is 20.3. The first kappa shape index (κ1) is 22.6. The Bertz CT molecular complexity index is 1510. The molecule has 0 bridgehead atoms. The molecule has 0 fully saturated rings. The zero-order valence-electron chi connectivity index (χ0n) is 18.7. The molecule has 0 aliphatic heterocycles. The Morgan fingerprint density at radius 3 is 2.76 bits per heavy atom. The lowest BCUT2D eigenvalue weighted by molar-refractivity contribution is 0.0789. The molecule has 0 atom stereocenters. The van der Waals surface area contributed by atoms with E-state index >= 15 is 0 Å². The standard InChI is InChI=1S/C24H24N4O4S2/c1-24(2,30)15-10-21(33-13-15)34(31,32)28-23(29)27-22-16-5-3-4-14(16)6-7-18(22)19-11-25-12-20-17(19)8-9-26-20/h6-13,26,30H,3-5H2,1-2H3,(H2,27,28,29). The molecule has 1 aliphatic rings. The van der Waals surface area contributed by atoms with Gasteiger partial charge in [0.05, 0.1) is 23.0 Å². The minimum absolute atomic E-state index is 0.0421. The van der Waals surface area contributed by atoms with Gasteiger partial charge < -0.3 is 15.4 Å². The third-order valence-electron chi connectivity index (χ3n) is 6.06. The van der Waals surface area contributed by atoms with Crippen molar-refractivity contribution < 1.29 is 18.3 Å². The number of thiophene rings is 1. The molecule has 0 saturated carbocycles. The molecule has 0 spiro atoms. The molecule has 10 heteroatoms. The fourth-order valence-corrected chi connectivity index (χ4v) is 6.57. The van der Waals surface area contributed by atoms with Crippen molar-refractivity contribution in [2.24, 2.45) is 0 Å². The van der Waals surface area contributed by atoms with E-state index in [1.54, 1.807) is 31.6 Å². The fourth-order valence-electron chi connectivity index (χ4n) is 4.32. The summed E-state index contributed by atoms with van der Waals surface area (Å²) in [6.45, 7) is 3.14. The van der Waals surface area contributed by atoms with E-state index in [-0.39, 0.29) is 4.21 Å². The van der Waals surface area contributed by atoms with E-state index in [1.807, 2.05) is 18.3 Å². The summed E-state index contributed by atoms with van der Waals surface area (Å²) >= 11 is 0.952. The quantitative estimate of drug-likeness (QED) is 0.323. The van der Waals surface area contributed by atoms with Crippen LogP contribution in [0.3, 0.4) is 0 Å². The van der Waals surface area contributed by atoms with Crippen LogP contribution in [-0.4, -0.2) is 29.5 Å². The number of sulfonamides is 1. The average Bonchev–Trinajstić information content (AvgIpc) is 3.52. The number of fused-ring (bicyclic) bond motifs is 2. The van der Waals surface area contributed by atoms with Gasteiger partial charge in [0.2, 0.25) is 0 Å². The molecular formula is C24H24N4O4S2. The van der Waals surface area contributed by atoms with Gasteiger partial charge in [-0.1, -0.05) is 12.1 Å². The third kappa shape index (κ3) is 4.08. The Kier molecular flexibility index (Phi) is 5.46. The molecule has 4 N–H and O–H groups in total. The van der Waals surface area contributed by atoms with Gasteiger partial charge in [-0.05, 0) is 67.3 Å². The summed E-state index contributed by atoms with van der Waals surface area (Å²) in [5, 5.41) is 15.5. The molecule has 0 unspecified atom stereocenters. The van der Waals surface area contributed by atoms with Crippen LogP contribution in [0.2, 0.25) is 0 Å². The van der Waals surface area contributed by atoms with Crippen LogP contribution in [0.5, 0.6) is 0 Å². The van der Waals surface area contributed by atoms with Crippen molar-refractivity contribution in [3.63, 3.8) is 0 Å². The summed E-state index contributed by atoms with van der Waals surface area (Å²) in [6.07, 6.45) is 7.99. The lowest BCUT2D eigenvalue weighted by Gasteiger charge is -2.17. The molecule has 5 rings (SSSR count). The maximum absolute atomic E-state index is 12.9. The Morgan fingerprint density at radius 1 is 1.18 bits per heavy atom. The summed E-state index contributed by atoms with van der Waals surface area (Å²) in [4.78, 5) is 20.4. The number of aliphatic hydroxyl groups is 1. The molecule has 2 amide bonds. The highest BCUT2D eigenvalue weighted by Crippen LogP contribution is 2.39. The van der Waals surface area contributed by atoms with E-state index in [1.165, 1.54) is 6.07 Å². The first-order valence-electron chi connectivity index (χ1n) is 10.8. The summed E-state index contributed by atoms with van der Waals surface area (Å²) in [6, 6.07) is 6.50. The van der Waals surface area contributed by atoms with Crippen LogP contribution >= 0.6 is 11.3 Å². The molecule has 8 nitrogen and oxygen atoms in total. The number of nitrogens with one attached hydrogen (secondary N) is 3. The van der Waals surface area contributed by atoms with Crippen LogP contribution in [0.1, 0.15) is 37.0 Å². The van der Waals surface area contributed by atoms with Gasteiger partial charge in [-0.2, -0.15) is 0 Å². The average molecular weight is 497 g/mol. The number of urea groups is 1. The van der Waals surface area contributed by atoms with Crippen molar-refractivity contribution >= 4 is 44.0 Å². The first-order valence-corrected chi connectivity index (χ1v) is 13.2. The van der Waals surface area contributed by atoms with Gasteiger partial charge in [0.1, 0.15) is 4.21 Å². The number of aromatic amines is 1. The number of hydrogen-bond donors (Lipinski definition) is 4. The Hall–Kier alpha value is -3.21.